The second-order valence-corrected chi connectivity index (χ2v) is 5.79. The standard InChI is InChI=1S/C16H26N4O2/c1-12-7-13(2)9-14(8-12)19-16(17)18-10-15(21)11-20-3-5-22-6-4-20/h7-9,15,21H,3-6,10-11H2,1-2H3,(H3,17,18,19). The number of nitrogens with zero attached hydrogens (tertiary/aromatic N) is 2. The van der Waals surface area contributed by atoms with E-state index in [9.17, 15) is 5.11 Å². The Morgan fingerprint density at radius 3 is 2.59 bits per heavy atom. The number of aliphatic hydroxyl groups is 1. The summed E-state index contributed by atoms with van der Waals surface area (Å²) in [5.41, 5.74) is 9.14. The molecule has 0 radical (unpaired) electrons. The monoisotopic (exact) mass is 306 g/mol. The normalized spacial score (nSPS) is 18.2. The van der Waals surface area contributed by atoms with E-state index in [1.165, 1.54) is 11.1 Å². The molecule has 1 fully saturated rings. The molecule has 0 amide bonds. The lowest BCUT2D eigenvalue weighted by Gasteiger charge is -2.28. The first-order valence-corrected chi connectivity index (χ1v) is 7.66. The van der Waals surface area contributed by atoms with Crippen LogP contribution in [-0.2, 0) is 4.74 Å². The molecule has 1 heterocycles. The van der Waals surface area contributed by atoms with Crippen LogP contribution >= 0.6 is 0 Å². The van der Waals surface area contributed by atoms with Gasteiger partial charge in [0.05, 0.1) is 25.9 Å². The van der Waals surface area contributed by atoms with Crippen molar-refractivity contribution in [1.29, 1.82) is 0 Å². The number of morpholine rings is 1. The zero-order chi connectivity index (χ0) is 15.9. The van der Waals surface area contributed by atoms with Gasteiger partial charge in [-0.15, -0.1) is 0 Å². The Hall–Kier alpha value is -1.63. The fourth-order valence-electron chi connectivity index (χ4n) is 2.58. The van der Waals surface area contributed by atoms with E-state index in [0.717, 1.165) is 32.0 Å². The predicted molar refractivity (Wildman–Crippen MR) is 89.3 cm³/mol. The maximum Gasteiger partial charge on any atom is 0.193 e. The van der Waals surface area contributed by atoms with Crippen molar-refractivity contribution in [2.24, 2.45) is 10.7 Å². The van der Waals surface area contributed by atoms with E-state index in [2.05, 4.69) is 21.3 Å². The second kappa shape index (κ2) is 8.12. The molecular weight excluding hydrogens is 280 g/mol. The Balaban J connectivity index is 1.81. The Bertz CT molecular complexity index is 493. The summed E-state index contributed by atoms with van der Waals surface area (Å²) in [5.74, 6) is 0.325. The summed E-state index contributed by atoms with van der Waals surface area (Å²) in [6.07, 6.45) is -0.516. The van der Waals surface area contributed by atoms with Gasteiger partial charge in [0.25, 0.3) is 0 Å². The van der Waals surface area contributed by atoms with E-state index in [1.54, 1.807) is 0 Å². The number of aliphatic imine (C=N–C) groups is 1. The van der Waals surface area contributed by atoms with Crippen molar-refractivity contribution >= 4 is 11.6 Å². The molecule has 1 atom stereocenters. The van der Waals surface area contributed by atoms with Crippen LogP contribution in [-0.4, -0.2) is 61.5 Å². The molecule has 1 unspecified atom stereocenters. The van der Waals surface area contributed by atoms with Crippen LogP contribution in [0.15, 0.2) is 23.2 Å². The van der Waals surface area contributed by atoms with Crippen LogP contribution in [0.2, 0.25) is 0 Å². The molecule has 6 heteroatoms. The summed E-state index contributed by atoms with van der Waals surface area (Å²) in [7, 11) is 0. The Kier molecular flexibility index (Phi) is 6.18. The lowest BCUT2D eigenvalue weighted by Crippen LogP contribution is -2.42. The van der Waals surface area contributed by atoms with E-state index >= 15 is 0 Å². The molecule has 0 saturated carbocycles. The van der Waals surface area contributed by atoms with Crippen LogP contribution in [0.4, 0.5) is 5.69 Å². The Morgan fingerprint density at radius 1 is 1.32 bits per heavy atom. The number of benzene rings is 1. The number of hydrogen-bond donors (Lipinski definition) is 3. The molecule has 1 aliphatic heterocycles. The fourth-order valence-corrected chi connectivity index (χ4v) is 2.58. The summed E-state index contributed by atoms with van der Waals surface area (Å²) in [6.45, 7) is 8.15. The van der Waals surface area contributed by atoms with Gasteiger partial charge < -0.3 is 20.9 Å². The highest BCUT2D eigenvalue weighted by molar-refractivity contribution is 5.92. The van der Waals surface area contributed by atoms with Crippen LogP contribution in [0.5, 0.6) is 0 Å². The number of aryl methyl sites for hydroxylation is 2. The van der Waals surface area contributed by atoms with E-state index in [0.29, 0.717) is 19.0 Å². The molecule has 2 rings (SSSR count). The Labute approximate surface area is 132 Å². The van der Waals surface area contributed by atoms with Gasteiger partial charge in [-0.05, 0) is 37.1 Å². The maximum absolute atomic E-state index is 10.0. The van der Waals surface area contributed by atoms with Crippen LogP contribution in [0.1, 0.15) is 11.1 Å². The number of β-amino-alcohol motifs (C(OH)–C–C–N with tert-alkyl or cyclic N) is 1. The first kappa shape index (κ1) is 16.7. The molecule has 1 aromatic rings. The number of nitrogens with two attached hydrogens (primary N) is 1. The third-order valence-electron chi connectivity index (χ3n) is 3.54. The number of rotatable bonds is 5. The minimum absolute atomic E-state index is 0.293. The first-order chi connectivity index (χ1) is 10.5. The van der Waals surface area contributed by atoms with Crippen LogP contribution in [0.3, 0.4) is 0 Å². The first-order valence-electron chi connectivity index (χ1n) is 7.66. The molecular formula is C16H26N4O2. The zero-order valence-corrected chi connectivity index (χ0v) is 13.4. The van der Waals surface area contributed by atoms with Gasteiger partial charge in [-0.1, -0.05) is 6.07 Å². The molecule has 0 spiro atoms. The van der Waals surface area contributed by atoms with Gasteiger partial charge in [0.15, 0.2) is 5.96 Å². The van der Waals surface area contributed by atoms with Gasteiger partial charge in [0.2, 0.25) is 0 Å². The van der Waals surface area contributed by atoms with Crippen molar-refractivity contribution in [3.05, 3.63) is 29.3 Å². The summed E-state index contributed by atoms with van der Waals surface area (Å²) in [5, 5.41) is 13.1. The van der Waals surface area contributed by atoms with E-state index in [4.69, 9.17) is 10.5 Å². The lowest BCUT2D eigenvalue weighted by atomic mass is 10.1. The number of ether oxygens (including phenoxy) is 1. The SMILES string of the molecule is Cc1cc(C)cc(NC(N)=NCC(O)CN2CCOCC2)c1. The number of anilines is 1. The quantitative estimate of drug-likeness (QED) is 0.551. The lowest BCUT2D eigenvalue weighted by molar-refractivity contribution is 0.0165. The van der Waals surface area contributed by atoms with Crippen LogP contribution in [0, 0.1) is 13.8 Å². The van der Waals surface area contributed by atoms with E-state index < -0.39 is 6.10 Å². The maximum atomic E-state index is 10.0. The largest absolute Gasteiger partial charge is 0.390 e. The number of guanidine groups is 1. The van der Waals surface area contributed by atoms with Crippen molar-refractivity contribution in [2.75, 3.05) is 44.7 Å². The predicted octanol–water partition coefficient (Wildman–Crippen LogP) is 0.723. The van der Waals surface area contributed by atoms with Crippen molar-refractivity contribution in [2.45, 2.75) is 20.0 Å². The molecule has 122 valence electrons. The average Bonchev–Trinajstić information content (AvgIpc) is 2.45. The highest BCUT2D eigenvalue weighted by Gasteiger charge is 2.14. The fraction of sp³-hybridized carbons (Fsp3) is 0.562. The molecule has 1 saturated heterocycles. The highest BCUT2D eigenvalue weighted by Crippen LogP contribution is 2.13. The number of aliphatic hydroxyl groups excluding tert-OH is 1. The Morgan fingerprint density at radius 2 is 1.95 bits per heavy atom. The summed E-state index contributed by atoms with van der Waals surface area (Å²) in [4.78, 5) is 6.40. The van der Waals surface area contributed by atoms with Crippen molar-refractivity contribution in [1.82, 2.24) is 4.90 Å². The molecule has 6 nitrogen and oxygen atoms in total. The van der Waals surface area contributed by atoms with E-state index in [1.807, 2.05) is 26.0 Å². The number of hydrogen-bond acceptors (Lipinski definition) is 4. The molecule has 0 aromatic heterocycles. The van der Waals surface area contributed by atoms with Gasteiger partial charge in [0, 0.05) is 25.3 Å². The van der Waals surface area contributed by atoms with Gasteiger partial charge >= 0.3 is 0 Å². The molecule has 0 aliphatic carbocycles. The van der Waals surface area contributed by atoms with Gasteiger partial charge in [-0.3, -0.25) is 9.89 Å². The topological polar surface area (TPSA) is 83.1 Å². The molecule has 22 heavy (non-hydrogen) atoms. The summed E-state index contributed by atoms with van der Waals surface area (Å²) < 4.78 is 5.28. The van der Waals surface area contributed by atoms with E-state index in [-0.39, 0.29) is 0 Å². The zero-order valence-electron chi connectivity index (χ0n) is 13.4. The van der Waals surface area contributed by atoms with Crippen LogP contribution in [0.25, 0.3) is 0 Å². The summed E-state index contributed by atoms with van der Waals surface area (Å²) in [6, 6.07) is 6.13. The highest BCUT2D eigenvalue weighted by atomic mass is 16.5. The minimum Gasteiger partial charge on any atom is -0.390 e. The molecule has 4 N–H and O–H groups in total. The molecule has 1 aromatic carbocycles. The van der Waals surface area contributed by atoms with Crippen molar-refractivity contribution in [3.8, 4) is 0 Å². The van der Waals surface area contributed by atoms with Gasteiger partial charge in [-0.25, -0.2) is 0 Å². The molecule has 0 bridgehead atoms. The van der Waals surface area contributed by atoms with Crippen molar-refractivity contribution < 1.29 is 9.84 Å². The van der Waals surface area contributed by atoms with Crippen molar-refractivity contribution in [3.63, 3.8) is 0 Å². The smallest absolute Gasteiger partial charge is 0.193 e. The number of nitrogens with one attached hydrogen (secondary N) is 1. The average molecular weight is 306 g/mol. The second-order valence-electron chi connectivity index (χ2n) is 5.79. The van der Waals surface area contributed by atoms with Gasteiger partial charge in [0.1, 0.15) is 0 Å². The summed E-state index contributed by atoms with van der Waals surface area (Å²) >= 11 is 0. The third-order valence-corrected chi connectivity index (χ3v) is 3.54. The minimum atomic E-state index is -0.516. The van der Waals surface area contributed by atoms with Gasteiger partial charge in [-0.2, -0.15) is 0 Å². The third kappa shape index (κ3) is 5.63. The molecule has 1 aliphatic rings. The van der Waals surface area contributed by atoms with Crippen LogP contribution < -0.4 is 11.1 Å².